The Labute approximate surface area is 126 Å². The highest BCUT2D eigenvalue weighted by molar-refractivity contribution is 9.10. The molecular formula is C13H12BrF3N2S. The monoisotopic (exact) mass is 364 g/mol. The number of thiophene rings is 1. The lowest BCUT2D eigenvalue weighted by molar-refractivity contribution is -0.138. The summed E-state index contributed by atoms with van der Waals surface area (Å²) in [6.07, 6.45) is -4.43. The molecule has 3 N–H and O–H groups in total. The van der Waals surface area contributed by atoms with E-state index in [0.717, 1.165) is 16.5 Å². The first-order valence-corrected chi connectivity index (χ1v) is 7.38. The molecule has 2 nitrogen and oxygen atoms in total. The van der Waals surface area contributed by atoms with Gasteiger partial charge in [0.05, 0.1) is 11.6 Å². The number of hydrazine groups is 1. The van der Waals surface area contributed by atoms with Crippen LogP contribution >= 0.6 is 27.3 Å². The minimum absolute atomic E-state index is 0.112. The molecule has 0 saturated carbocycles. The molecule has 0 fully saturated rings. The number of aryl methyl sites for hydroxylation is 1. The van der Waals surface area contributed by atoms with Crippen molar-refractivity contribution in [3.8, 4) is 0 Å². The molecule has 108 valence electrons. The van der Waals surface area contributed by atoms with Crippen LogP contribution in [0.5, 0.6) is 0 Å². The van der Waals surface area contributed by atoms with Crippen LogP contribution in [0.25, 0.3) is 0 Å². The number of alkyl halides is 3. The highest BCUT2D eigenvalue weighted by atomic mass is 79.9. The van der Waals surface area contributed by atoms with Gasteiger partial charge < -0.3 is 0 Å². The highest BCUT2D eigenvalue weighted by Gasteiger charge is 2.35. The molecule has 0 saturated heterocycles. The van der Waals surface area contributed by atoms with Gasteiger partial charge in [-0.05, 0) is 41.6 Å². The number of nitrogens with two attached hydrogens (primary N) is 1. The zero-order valence-electron chi connectivity index (χ0n) is 10.5. The van der Waals surface area contributed by atoms with E-state index in [1.807, 2.05) is 18.4 Å². The van der Waals surface area contributed by atoms with Crippen molar-refractivity contribution in [1.82, 2.24) is 5.43 Å². The van der Waals surface area contributed by atoms with Gasteiger partial charge >= 0.3 is 6.18 Å². The van der Waals surface area contributed by atoms with E-state index in [4.69, 9.17) is 5.84 Å². The fourth-order valence-electron chi connectivity index (χ4n) is 2.01. The van der Waals surface area contributed by atoms with Crippen LogP contribution in [0.2, 0.25) is 0 Å². The summed E-state index contributed by atoms with van der Waals surface area (Å²) in [5.74, 6) is 5.47. The molecule has 1 atom stereocenters. The minimum atomic E-state index is -4.43. The molecule has 1 unspecified atom stereocenters. The fourth-order valence-corrected chi connectivity index (χ4v) is 3.10. The van der Waals surface area contributed by atoms with E-state index < -0.39 is 17.8 Å². The zero-order chi connectivity index (χ0) is 14.9. The minimum Gasteiger partial charge on any atom is -0.271 e. The van der Waals surface area contributed by atoms with Gasteiger partial charge in [-0.25, -0.2) is 5.43 Å². The fraction of sp³-hybridized carbons (Fsp3) is 0.231. The number of hydrogen-bond donors (Lipinski definition) is 2. The van der Waals surface area contributed by atoms with Crippen molar-refractivity contribution >= 4 is 27.3 Å². The number of rotatable bonds is 3. The Bertz CT molecular complexity index is 610. The number of halogens is 4. The van der Waals surface area contributed by atoms with Crippen LogP contribution in [0, 0.1) is 6.92 Å². The second kappa shape index (κ2) is 5.85. The van der Waals surface area contributed by atoms with Crippen molar-refractivity contribution in [3.05, 3.63) is 55.7 Å². The Hall–Kier alpha value is -0.890. The van der Waals surface area contributed by atoms with E-state index >= 15 is 0 Å². The maximum Gasteiger partial charge on any atom is 0.416 e. The standard InChI is InChI=1S/C13H12BrF3N2S/c1-7-4-8(6-20-7)12(19-18)10-3-2-9(14)5-11(10)13(15,16)17/h2-6,12,19H,18H2,1H3. The van der Waals surface area contributed by atoms with Crippen LogP contribution in [-0.2, 0) is 6.18 Å². The summed E-state index contributed by atoms with van der Waals surface area (Å²) in [5.41, 5.74) is 2.61. The summed E-state index contributed by atoms with van der Waals surface area (Å²) < 4.78 is 39.9. The van der Waals surface area contributed by atoms with Crippen LogP contribution in [0.15, 0.2) is 34.1 Å². The predicted molar refractivity (Wildman–Crippen MR) is 77.4 cm³/mol. The average Bonchev–Trinajstić information content (AvgIpc) is 2.77. The molecule has 0 spiro atoms. The van der Waals surface area contributed by atoms with Crippen LogP contribution in [0.1, 0.15) is 27.6 Å². The molecule has 1 heterocycles. The number of hydrogen-bond acceptors (Lipinski definition) is 3. The van der Waals surface area contributed by atoms with Crippen molar-refractivity contribution in [2.75, 3.05) is 0 Å². The summed E-state index contributed by atoms with van der Waals surface area (Å²) >= 11 is 4.54. The molecular weight excluding hydrogens is 353 g/mol. The summed E-state index contributed by atoms with van der Waals surface area (Å²) in [4.78, 5) is 1.02. The summed E-state index contributed by atoms with van der Waals surface area (Å²) in [5, 5.41) is 1.81. The van der Waals surface area contributed by atoms with Gasteiger partial charge in [0.2, 0.25) is 0 Å². The van der Waals surface area contributed by atoms with Crippen molar-refractivity contribution in [2.24, 2.45) is 5.84 Å². The van der Waals surface area contributed by atoms with E-state index in [0.29, 0.717) is 4.47 Å². The van der Waals surface area contributed by atoms with E-state index in [-0.39, 0.29) is 5.56 Å². The first-order chi connectivity index (χ1) is 9.32. The van der Waals surface area contributed by atoms with E-state index in [1.54, 1.807) is 6.07 Å². The van der Waals surface area contributed by atoms with Crippen molar-refractivity contribution < 1.29 is 13.2 Å². The second-order valence-corrected chi connectivity index (χ2v) is 6.35. The maximum absolute atomic E-state index is 13.2. The lowest BCUT2D eigenvalue weighted by Crippen LogP contribution is -2.30. The predicted octanol–water partition coefficient (Wildman–Crippen LogP) is 4.39. The smallest absolute Gasteiger partial charge is 0.271 e. The number of nitrogens with one attached hydrogen (secondary N) is 1. The summed E-state index contributed by atoms with van der Waals surface area (Å²) in [6, 6.07) is 5.22. The molecule has 0 bridgehead atoms. The molecule has 0 amide bonds. The zero-order valence-corrected chi connectivity index (χ0v) is 12.9. The molecule has 7 heteroatoms. The first-order valence-electron chi connectivity index (χ1n) is 5.70. The topological polar surface area (TPSA) is 38.0 Å². The molecule has 0 aliphatic carbocycles. The van der Waals surface area contributed by atoms with Crippen LogP contribution in [0.4, 0.5) is 13.2 Å². The molecule has 0 aliphatic rings. The van der Waals surface area contributed by atoms with Gasteiger partial charge in [-0.15, -0.1) is 11.3 Å². The van der Waals surface area contributed by atoms with Crippen molar-refractivity contribution in [3.63, 3.8) is 0 Å². The van der Waals surface area contributed by atoms with Gasteiger partial charge in [0, 0.05) is 9.35 Å². The first kappa shape index (κ1) is 15.5. The molecule has 0 radical (unpaired) electrons. The SMILES string of the molecule is Cc1cc(C(NN)c2ccc(Br)cc2C(F)(F)F)cs1. The molecule has 1 aromatic carbocycles. The average molecular weight is 365 g/mol. The van der Waals surface area contributed by atoms with Gasteiger partial charge in [-0.2, -0.15) is 13.2 Å². The van der Waals surface area contributed by atoms with Crippen LogP contribution < -0.4 is 11.3 Å². The normalized spacial score (nSPS) is 13.5. The molecule has 20 heavy (non-hydrogen) atoms. The Morgan fingerprint density at radius 1 is 1.30 bits per heavy atom. The van der Waals surface area contributed by atoms with E-state index in [1.165, 1.54) is 17.4 Å². The third-order valence-corrected chi connectivity index (χ3v) is 4.26. The van der Waals surface area contributed by atoms with Crippen LogP contribution in [0.3, 0.4) is 0 Å². The molecule has 2 aromatic rings. The van der Waals surface area contributed by atoms with Gasteiger partial charge in [0.15, 0.2) is 0 Å². The van der Waals surface area contributed by atoms with Crippen LogP contribution in [-0.4, -0.2) is 0 Å². The van der Waals surface area contributed by atoms with E-state index in [9.17, 15) is 13.2 Å². The largest absolute Gasteiger partial charge is 0.416 e. The molecule has 1 aromatic heterocycles. The van der Waals surface area contributed by atoms with E-state index in [2.05, 4.69) is 21.4 Å². The summed E-state index contributed by atoms with van der Waals surface area (Å²) in [7, 11) is 0. The van der Waals surface area contributed by atoms with Gasteiger partial charge in [0.25, 0.3) is 0 Å². The third-order valence-electron chi connectivity index (χ3n) is 2.88. The maximum atomic E-state index is 13.2. The Kier molecular flexibility index (Phi) is 4.53. The molecule has 0 aliphatic heterocycles. The van der Waals surface area contributed by atoms with Crippen molar-refractivity contribution in [1.29, 1.82) is 0 Å². The number of benzene rings is 1. The Balaban J connectivity index is 2.55. The Morgan fingerprint density at radius 2 is 2.00 bits per heavy atom. The summed E-state index contributed by atoms with van der Waals surface area (Å²) in [6.45, 7) is 1.90. The quantitative estimate of drug-likeness (QED) is 0.626. The van der Waals surface area contributed by atoms with Gasteiger partial charge in [0.1, 0.15) is 0 Å². The lowest BCUT2D eigenvalue weighted by Gasteiger charge is -2.20. The molecule has 2 rings (SSSR count). The third kappa shape index (κ3) is 3.22. The Morgan fingerprint density at radius 3 is 2.50 bits per heavy atom. The highest BCUT2D eigenvalue weighted by Crippen LogP contribution is 2.38. The lowest BCUT2D eigenvalue weighted by atomic mass is 9.96. The second-order valence-electron chi connectivity index (χ2n) is 4.32. The van der Waals surface area contributed by atoms with Gasteiger partial charge in [-0.1, -0.05) is 22.0 Å². The van der Waals surface area contributed by atoms with Crippen molar-refractivity contribution in [2.45, 2.75) is 19.1 Å². The van der Waals surface area contributed by atoms with Gasteiger partial charge in [-0.3, -0.25) is 5.84 Å².